The largest absolute Gasteiger partial charge is 0.495 e. The summed E-state index contributed by atoms with van der Waals surface area (Å²) in [6.45, 7) is 1.67. The number of carbonyl (C=O) groups excluding carboxylic acids is 1. The molecule has 0 saturated carbocycles. The Morgan fingerprint density at radius 3 is 2.58 bits per heavy atom. The summed E-state index contributed by atoms with van der Waals surface area (Å²) in [4.78, 5) is 10.9. The fraction of sp³-hybridized carbons (Fsp3) is 0.364. The molecule has 0 N–H and O–H groups in total. The molecule has 0 atom stereocenters. The Balaban J connectivity index is 2.86. The van der Waals surface area contributed by atoms with Crippen molar-refractivity contribution in [3.63, 3.8) is 0 Å². The van der Waals surface area contributed by atoms with Crippen LogP contribution in [-0.2, 0) is 18.6 Å². The number of benzene rings is 1. The van der Waals surface area contributed by atoms with Gasteiger partial charge in [-0.15, -0.1) is 0 Å². The quantitative estimate of drug-likeness (QED) is 0.586. The molecule has 0 radical (unpaired) electrons. The standard InChI is InChI=1S/C11H13ClO6S/c1-3-17-11(13)7-18-8-4-5-10(19(12,14)15)9(6-8)16-2/h4-6H,3,7H2,1-2H3. The lowest BCUT2D eigenvalue weighted by atomic mass is 10.3. The van der Waals surface area contributed by atoms with Crippen LogP contribution in [0.2, 0.25) is 0 Å². The zero-order chi connectivity index (χ0) is 14.5. The van der Waals surface area contributed by atoms with Gasteiger partial charge in [0.05, 0.1) is 13.7 Å². The Labute approximate surface area is 115 Å². The van der Waals surface area contributed by atoms with Crippen molar-refractivity contribution >= 4 is 25.7 Å². The lowest BCUT2D eigenvalue weighted by molar-refractivity contribution is -0.145. The number of carbonyl (C=O) groups is 1. The molecular weight excluding hydrogens is 296 g/mol. The molecule has 0 heterocycles. The molecule has 6 nitrogen and oxygen atoms in total. The van der Waals surface area contributed by atoms with Crippen molar-refractivity contribution in [2.24, 2.45) is 0 Å². The summed E-state index contributed by atoms with van der Waals surface area (Å²) in [5.74, 6) is -0.208. The van der Waals surface area contributed by atoms with Crippen molar-refractivity contribution in [3.05, 3.63) is 18.2 Å². The van der Waals surface area contributed by atoms with Gasteiger partial charge in [0.25, 0.3) is 9.05 Å². The van der Waals surface area contributed by atoms with Gasteiger partial charge in [0, 0.05) is 16.7 Å². The van der Waals surface area contributed by atoms with Crippen molar-refractivity contribution in [1.82, 2.24) is 0 Å². The summed E-state index contributed by atoms with van der Waals surface area (Å²) in [5.41, 5.74) is 0. The van der Waals surface area contributed by atoms with Gasteiger partial charge in [-0.05, 0) is 19.1 Å². The second-order valence-electron chi connectivity index (χ2n) is 3.34. The van der Waals surface area contributed by atoms with E-state index >= 15 is 0 Å². The molecule has 1 rings (SSSR count). The average molecular weight is 309 g/mol. The van der Waals surface area contributed by atoms with Crippen molar-refractivity contribution < 1.29 is 27.4 Å². The van der Waals surface area contributed by atoms with Crippen LogP contribution in [-0.4, -0.2) is 34.7 Å². The van der Waals surface area contributed by atoms with E-state index in [1.807, 2.05) is 0 Å². The van der Waals surface area contributed by atoms with Gasteiger partial charge < -0.3 is 14.2 Å². The molecule has 106 valence electrons. The summed E-state index contributed by atoms with van der Waals surface area (Å²) in [6.07, 6.45) is 0. The molecule has 0 aliphatic rings. The molecule has 0 aliphatic carbocycles. The van der Waals surface area contributed by atoms with Crippen LogP contribution in [0.25, 0.3) is 0 Å². The maximum Gasteiger partial charge on any atom is 0.344 e. The SMILES string of the molecule is CCOC(=O)COc1ccc(S(=O)(=O)Cl)c(OC)c1. The third-order valence-corrected chi connectivity index (χ3v) is 3.42. The van der Waals surface area contributed by atoms with Gasteiger partial charge in [-0.3, -0.25) is 0 Å². The first-order valence-electron chi connectivity index (χ1n) is 5.29. The van der Waals surface area contributed by atoms with Gasteiger partial charge in [0.15, 0.2) is 6.61 Å². The second kappa shape index (κ2) is 6.63. The van der Waals surface area contributed by atoms with Gasteiger partial charge in [-0.25, -0.2) is 13.2 Å². The van der Waals surface area contributed by atoms with Crippen molar-refractivity contribution in [2.45, 2.75) is 11.8 Å². The number of esters is 1. The maximum atomic E-state index is 11.2. The number of ether oxygens (including phenoxy) is 3. The first-order valence-corrected chi connectivity index (χ1v) is 7.60. The number of methoxy groups -OCH3 is 1. The Hall–Kier alpha value is -1.47. The highest BCUT2D eigenvalue weighted by Gasteiger charge is 2.17. The molecule has 0 aliphatic heterocycles. The minimum absolute atomic E-state index is 0.0383. The van der Waals surface area contributed by atoms with Gasteiger partial charge in [-0.1, -0.05) is 0 Å². The number of hydrogen-bond acceptors (Lipinski definition) is 6. The Morgan fingerprint density at radius 2 is 2.05 bits per heavy atom. The zero-order valence-corrected chi connectivity index (χ0v) is 12.0. The van der Waals surface area contributed by atoms with Crippen molar-refractivity contribution in [3.8, 4) is 11.5 Å². The van der Waals surface area contributed by atoms with Crippen LogP contribution in [0, 0.1) is 0 Å². The van der Waals surface area contributed by atoms with E-state index in [0.717, 1.165) is 0 Å². The minimum atomic E-state index is -3.90. The molecule has 0 unspecified atom stereocenters. The summed E-state index contributed by atoms with van der Waals surface area (Å²) in [5, 5.41) is 0. The van der Waals surface area contributed by atoms with Crippen LogP contribution in [0.3, 0.4) is 0 Å². The summed E-state index contributed by atoms with van der Waals surface area (Å²) in [6, 6.07) is 3.94. The Morgan fingerprint density at radius 1 is 1.37 bits per heavy atom. The highest BCUT2D eigenvalue weighted by molar-refractivity contribution is 8.13. The van der Waals surface area contributed by atoms with Gasteiger partial charge in [0.2, 0.25) is 0 Å². The van der Waals surface area contributed by atoms with Crippen LogP contribution < -0.4 is 9.47 Å². The molecule has 8 heteroatoms. The molecule has 19 heavy (non-hydrogen) atoms. The molecule has 0 fully saturated rings. The molecular formula is C11H13ClO6S. The third kappa shape index (κ3) is 4.60. The van der Waals surface area contributed by atoms with E-state index < -0.39 is 15.0 Å². The fourth-order valence-corrected chi connectivity index (χ4v) is 2.28. The predicted octanol–water partition coefficient (Wildman–Crippen LogP) is 1.56. The zero-order valence-electron chi connectivity index (χ0n) is 10.4. The van der Waals surface area contributed by atoms with Crippen LogP contribution in [0.5, 0.6) is 11.5 Å². The molecule has 0 saturated heterocycles. The Bertz CT molecular complexity index is 554. The van der Waals surface area contributed by atoms with Crippen molar-refractivity contribution in [2.75, 3.05) is 20.3 Å². The van der Waals surface area contributed by atoms with Gasteiger partial charge in [-0.2, -0.15) is 0 Å². The van der Waals surface area contributed by atoms with Crippen LogP contribution in [0.4, 0.5) is 0 Å². The second-order valence-corrected chi connectivity index (χ2v) is 5.88. The van der Waals surface area contributed by atoms with E-state index in [1.165, 1.54) is 25.3 Å². The van der Waals surface area contributed by atoms with E-state index in [9.17, 15) is 13.2 Å². The van der Waals surface area contributed by atoms with Crippen LogP contribution >= 0.6 is 10.7 Å². The molecule has 1 aromatic rings. The van der Waals surface area contributed by atoms with Gasteiger partial charge in [0.1, 0.15) is 16.4 Å². The topological polar surface area (TPSA) is 78.9 Å². The van der Waals surface area contributed by atoms with Crippen molar-refractivity contribution in [1.29, 1.82) is 0 Å². The smallest absolute Gasteiger partial charge is 0.344 e. The normalized spacial score (nSPS) is 10.9. The van der Waals surface area contributed by atoms with E-state index in [0.29, 0.717) is 0 Å². The molecule has 0 amide bonds. The molecule has 0 bridgehead atoms. The number of rotatable bonds is 6. The summed E-state index contributed by atoms with van der Waals surface area (Å²) >= 11 is 0. The van der Waals surface area contributed by atoms with E-state index in [1.54, 1.807) is 6.92 Å². The molecule has 0 spiro atoms. The molecule has 0 aromatic heterocycles. The average Bonchev–Trinajstić information content (AvgIpc) is 2.35. The monoisotopic (exact) mass is 308 g/mol. The number of hydrogen-bond donors (Lipinski definition) is 0. The first-order chi connectivity index (χ1) is 8.88. The van der Waals surface area contributed by atoms with E-state index in [4.69, 9.17) is 20.2 Å². The molecule has 1 aromatic carbocycles. The van der Waals surface area contributed by atoms with Crippen LogP contribution in [0.15, 0.2) is 23.1 Å². The maximum absolute atomic E-state index is 11.2. The fourth-order valence-electron chi connectivity index (χ4n) is 1.28. The lowest BCUT2D eigenvalue weighted by Gasteiger charge is -2.09. The van der Waals surface area contributed by atoms with E-state index in [-0.39, 0.29) is 29.6 Å². The highest BCUT2D eigenvalue weighted by Crippen LogP contribution is 2.30. The Kier molecular flexibility index (Phi) is 5.44. The first kappa shape index (κ1) is 15.6. The minimum Gasteiger partial charge on any atom is -0.495 e. The summed E-state index contributed by atoms with van der Waals surface area (Å²) in [7, 11) is 2.64. The third-order valence-electron chi connectivity index (χ3n) is 2.06. The van der Waals surface area contributed by atoms with Crippen LogP contribution in [0.1, 0.15) is 6.92 Å². The predicted molar refractivity (Wildman–Crippen MR) is 68.2 cm³/mol. The van der Waals surface area contributed by atoms with E-state index in [2.05, 4.69) is 4.74 Å². The summed E-state index contributed by atoms with van der Waals surface area (Å²) < 4.78 is 37.2. The lowest BCUT2D eigenvalue weighted by Crippen LogP contribution is -2.14. The number of halogens is 1. The van der Waals surface area contributed by atoms with Gasteiger partial charge >= 0.3 is 5.97 Å². The highest BCUT2D eigenvalue weighted by atomic mass is 35.7.